The van der Waals surface area contributed by atoms with E-state index in [1.165, 1.54) is 0 Å². The van der Waals surface area contributed by atoms with E-state index in [0.29, 0.717) is 32.8 Å². The third-order valence-electron chi connectivity index (χ3n) is 3.59. The van der Waals surface area contributed by atoms with Crippen molar-refractivity contribution in [3.63, 3.8) is 0 Å². The van der Waals surface area contributed by atoms with Crippen LogP contribution >= 0.6 is 34.8 Å². The average Bonchev–Trinajstić information content (AvgIpc) is 2.88. The highest BCUT2D eigenvalue weighted by molar-refractivity contribution is 6.42. The van der Waals surface area contributed by atoms with Gasteiger partial charge in [-0.25, -0.2) is 4.79 Å². The molecule has 1 amide bonds. The van der Waals surface area contributed by atoms with Gasteiger partial charge in [-0.3, -0.25) is 0 Å². The molecular formula is C16H12Cl3NO3. The molecule has 0 fully saturated rings. The van der Waals surface area contributed by atoms with Gasteiger partial charge in [0.25, 0.3) is 0 Å². The summed E-state index contributed by atoms with van der Waals surface area (Å²) in [5.41, 5.74) is 2.41. The third kappa shape index (κ3) is 3.34. The Morgan fingerprint density at radius 3 is 2.61 bits per heavy atom. The van der Waals surface area contributed by atoms with Crippen LogP contribution in [0.4, 0.5) is 4.79 Å². The van der Waals surface area contributed by atoms with Crippen LogP contribution in [-0.4, -0.2) is 23.8 Å². The molecule has 4 nitrogen and oxygen atoms in total. The molecule has 2 N–H and O–H groups in total. The number of para-hydroxylation sites is 1. The molecule has 2 aromatic carbocycles. The number of rotatable bonds is 3. The van der Waals surface area contributed by atoms with Gasteiger partial charge in [0.05, 0.1) is 16.6 Å². The number of nitrogens with one attached hydrogen (secondary N) is 1. The van der Waals surface area contributed by atoms with Crippen molar-refractivity contribution in [1.82, 2.24) is 5.32 Å². The number of halogens is 3. The van der Waals surface area contributed by atoms with E-state index in [1.54, 1.807) is 12.1 Å². The third-order valence-corrected chi connectivity index (χ3v) is 4.40. The van der Waals surface area contributed by atoms with Gasteiger partial charge in [0, 0.05) is 22.6 Å². The summed E-state index contributed by atoms with van der Waals surface area (Å²) < 4.78 is 5.91. The Hall–Kier alpha value is -1.62. The highest BCUT2D eigenvalue weighted by atomic mass is 35.5. The van der Waals surface area contributed by atoms with Gasteiger partial charge in [0.15, 0.2) is 0 Å². The second-order valence-electron chi connectivity index (χ2n) is 5.17. The number of ether oxygens (including phenoxy) is 1. The van der Waals surface area contributed by atoms with E-state index in [0.717, 1.165) is 11.1 Å². The lowest BCUT2D eigenvalue weighted by Gasteiger charge is -2.14. The van der Waals surface area contributed by atoms with Gasteiger partial charge in [-0.2, -0.15) is 0 Å². The first-order valence-corrected chi connectivity index (χ1v) is 7.99. The summed E-state index contributed by atoms with van der Waals surface area (Å²) in [6, 6.07) is 8.96. The number of carbonyl (C=O) groups is 1. The van der Waals surface area contributed by atoms with Crippen LogP contribution in [0.25, 0.3) is 11.1 Å². The van der Waals surface area contributed by atoms with Crippen molar-refractivity contribution < 1.29 is 14.6 Å². The Morgan fingerprint density at radius 1 is 1.26 bits per heavy atom. The molecule has 0 aliphatic carbocycles. The second-order valence-corrected chi connectivity index (χ2v) is 6.42. The Morgan fingerprint density at radius 2 is 1.96 bits per heavy atom. The summed E-state index contributed by atoms with van der Waals surface area (Å²) in [7, 11) is 0. The summed E-state index contributed by atoms with van der Waals surface area (Å²) in [6.45, 7) is 0.214. The van der Waals surface area contributed by atoms with Crippen LogP contribution in [0.1, 0.15) is 5.56 Å². The van der Waals surface area contributed by atoms with Gasteiger partial charge in [-0.1, -0.05) is 53.0 Å². The van der Waals surface area contributed by atoms with E-state index in [1.807, 2.05) is 18.2 Å². The van der Waals surface area contributed by atoms with Crippen molar-refractivity contribution in [2.45, 2.75) is 12.5 Å². The average molecular weight is 373 g/mol. The largest absolute Gasteiger partial charge is 0.487 e. The van der Waals surface area contributed by atoms with Crippen molar-refractivity contribution >= 4 is 40.9 Å². The maximum atomic E-state index is 10.6. The second kappa shape index (κ2) is 6.48. The van der Waals surface area contributed by atoms with Crippen LogP contribution in [-0.2, 0) is 6.42 Å². The van der Waals surface area contributed by atoms with E-state index in [9.17, 15) is 4.79 Å². The molecule has 1 unspecified atom stereocenters. The monoisotopic (exact) mass is 371 g/mol. The van der Waals surface area contributed by atoms with Crippen LogP contribution in [0.2, 0.25) is 15.1 Å². The summed E-state index contributed by atoms with van der Waals surface area (Å²) in [6.07, 6.45) is -0.715. The standard InChI is InChI=1S/C16H12Cl3NO3/c17-9-5-12(18)14(13(19)6-9)11-3-1-2-8-4-10(23-15(8)11)7-20-16(21)22/h1-3,5-6,10,20H,4,7H2,(H,21,22). The number of carboxylic acid groups (broad SMARTS) is 1. The lowest BCUT2D eigenvalue weighted by molar-refractivity contribution is 0.181. The Kier molecular flexibility index (Phi) is 4.57. The molecule has 1 heterocycles. The van der Waals surface area contributed by atoms with Crippen molar-refractivity contribution in [2.24, 2.45) is 0 Å². The van der Waals surface area contributed by atoms with Crippen molar-refractivity contribution in [2.75, 3.05) is 6.54 Å². The van der Waals surface area contributed by atoms with Crippen LogP contribution in [0.5, 0.6) is 5.75 Å². The van der Waals surface area contributed by atoms with Gasteiger partial charge in [0.2, 0.25) is 0 Å². The molecule has 3 rings (SSSR count). The quantitative estimate of drug-likeness (QED) is 0.807. The molecule has 1 atom stereocenters. The fraction of sp³-hybridized carbons (Fsp3) is 0.188. The molecule has 0 saturated carbocycles. The van der Waals surface area contributed by atoms with Crippen LogP contribution in [0.3, 0.4) is 0 Å². The first kappa shape index (κ1) is 16.2. The highest BCUT2D eigenvalue weighted by Crippen LogP contribution is 2.45. The molecule has 0 bridgehead atoms. The zero-order chi connectivity index (χ0) is 16.6. The number of hydrogen-bond acceptors (Lipinski definition) is 2. The molecular weight excluding hydrogens is 361 g/mol. The SMILES string of the molecule is O=C(O)NCC1Cc2cccc(-c3c(Cl)cc(Cl)cc3Cl)c2O1. The molecule has 0 aromatic heterocycles. The Balaban J connectivity index is 1.97. The molecule has 1 aliphatic heterocycles. The minimum absolute atomic E-state index is 0.214. The maximum Gasteiger partial charge on any atom is 0.404 e. The molecule has 0 spiro atoms. The van der Waals surface area contributed by atoms with E-state index >= 15 is 0 Å². The predicted octanol–water partition coefficient (Wildman–Crippen LogP) is 4.88. The van der Waals surface area contributed by atoms with Gasteiger partial charge in [-0.05, 0) is 17.7 Å². The number of amides is 1. The maximum absolute atomic E-state index is 10.6. The van der Waals surface area contributed by atoms with Gasteiger partial charge >= 0.3 is 6.09 Å². The first-order chi connectivity index (χ1) is 11.0. The number of benzene rings is 2. The minimum Gasteiger partial charge on any atom is -0.487 e. The fourth-order valence-electron chi connectivity index (χ4n) is 2.65. The number of hydrogen-bond donors (Lipinski definition) is 2. The number of fused-ring (bicyclic) bond motifs is 1. The van der Waals surface area contributed by atoms with Crippen LogP contribution in [0.15, 0.2) is 30.3 Å². The summed E-state index contributed by atoms with van der Waals surface area (Å²) in [4.78, 5) is 10.6. The van der Waals surface area contributed by atoms with Gasteiger partial charge in [-0.15, -0.1) is 0 Å². The lowest BCUT2D eigenvalue weighted by atomic mass is 10.0. The van der Waals surface area contributed by atoms with E-state index in [2.05, 4.69) is 5.32 Å². The lowest BCUT2D eigenvalue weighted by Crippen LogP contribution is -2.33. The molecule has 0 radical (unpaired) electrons. The van der Waals surface area contributed by atoms with Gasteiger partial charge < -0.3 is 15.2 Å². The zero-order valence-electron chi connectivity index (χ0n) is 11.8. The Bertz CT molecular complexity index is 756. The topological polar surface area (TPSA) is 58.6 Å². The first-order valence-electron chi connectivity index (χ1n) is 6.86. The molecule has 120 valence electrons. The highest BCUT2D eigenvalue weighted by Gasteiger charge is 2.27. The normalized spacial score (nSPS) is 15.9. The molecule has 7 heteroatoms. The smallest absolute Gasteiger partial charge is 0.404 e. The zero-order valence-corrected chi connectivity index (χ0v) is 14.0. The molecule has 1 aliphatic rings. The van der Waals surface area contributed by atoms with E-state index in [4.69, 9.17) is 44.6 Å². The Labute approximate surface area is 147 Å². The van der Waals surface area contributed by atoms with E-state index in [-0.39, 0.29) is 12.6 Å². The fourth-order valence-corrected chi connectivity index (χ4v) is 3.67. The van der Waals surface area contributed by atoms with Crippen molar-refractivity contribution in [1.29, 1.82) is 0 Å². The predicted molar refractivity (Wildman–Crippen MR) is 91.1 cm³/mol. The summed E-state index contributed by atoms with van der Waals surface area (Å²) >= 11 is 18.5. The summed E-state index contributed by atoms with van der Waals surface area (Å²) in [5, 5.41) is 12.4. The van der Waals surface area contributed by atoms with E-state index < -0.39 is 6.09 Å². The van der Waals surface area contributed by atoms with Crippen LogP contribution < -0.4 is 10.1 Å². The van der Waals surface area contributed by atoms with Crippen molar-refractivity contribution in [3.8, 4) is 16.9 Å². The minimum atomic E-state index is -1.08. The summed E-state index contributed by atoms with van der Waals surface area (Å²) in [5.74, 6) is 0.677. The van der Waals surface area contributed by atoms with Crippen molar-refractivity contribution in [3.05, 3.63) is 51.0 Å². The molecule has 2 aromatic rings. The molecule has 23 heavy (non-hydrogen) atoms. The van der Waals surface area contributed by atoms with Gasteiger partial charge in [0.1, 0.15) is 11.9 Å². The molecule has 0 saturated heterocycles. The van der Waals surface area contributed by atoms with Crippen LogP contribution in [0, 0.1) is 0 Å².